The number of carbonyl (C=O) groups is 2. The second-order valence-electron chi connectivity index (χ2n) is 9.12. The number of hydrogen-bond donors (Lipinski definition) is 1. The number of fused-ring (bicyclic) bond motifs is 1. The van der Waals surface area contributed by atoms with Gasteiger partial charge in [0.25, 0.3) is 11.8 Å². The molecule has 1 N–H and O–H groups in total. The lowest BCUT2D eigenvalue weighted by molar-refractivity contribution is -0.137. The molecule has 182 valence electrons. The molecule has 0 radical (unpaired) electrons. The smallest absolute Gasteiger partial charge is 0.260 e. The highest BCUT2D eigenvalue weighted by Gasteiger charge is 2.37. The number of amides is 2. The number of carbonyl (C=O) groups excluding carboxylic acids is 2. The standard InChI is InChI=1S/C26H30ClFN2O4/c27-19-9-10-22-20(15-19)25(32)29-17-26(11-4-1-5-14-33-22)12-6-13-30(18-26)24(31)16-34-23-8-3-2-7-21(23)28/h2-3,7-10,15H,1,4-6,11-14,16-18H2,(H,29,32). The Morgan fingerprint density at radius 2 is 1.97 bits per heavy atom. The van der Waals surface area contributed by atoms with Crippen LogP contribution >= 0.6 is 11.6 Å². The topological polar surface area (TPSA) is 67.9 Å². The maximum absolute atomic E-state index is 13.8. The van der Waals surface area contributed by atoms with Crippen LogP contribution < -0.4 is 14.8 Å². The summed E-state index contributed by atoms with van der Waals surface area (Å²) in [6, 6.07) is 11.1. The van der Waals surface area contributed by atoms with E-state index in [-0.39, 0.29) is 29.6 Å². The lowest BCUT2D eigenvalue weighted by atomic mass is 9.75. The summed E-state index contributed by atoms with van der Waals surface area (Å²) in [4.78, 5) is 27.7. The van der Waals surface area contributed by atoms with E-state index in [2.05, 4.69) is 5.32 Å². The molecule has 2 heterocycles. The average Bonchev–Trinajstić information content (AvgIpc) is 2.84. The van der Waals surface area contributed by atoms with Gasteiger partial charge in [0.2, 0.25) is 0 Å². The molecule has 0 aliphatic carbocycles. The molecule has 2 aliphatic rings. The number of benzene rings is 2. The van der Waals surface area contributed by atoms with Crippen LogP contribution in [0.4, 0.5) is 4.39 Å². The van der Waals surface area contributed by atoms with Crippen LogP contribution in [0.15, 0.2) is 42.5 Å². The van der Waals surface area contributed by atoms with Crippen LogP contribution in [0, 0.1) is 11.2 Å². The molecule has 34 heavy (non-hydrogen) atoms. The lowest BCUT2D eigenvalue weighted by Gasteiger charge is -2.43. The summed E-state index contributed by atoms with van der Waals surface area (Å²) in [7, 11) is 0. The molecule has 1 saturated heterocycles. The van der Waals surface area contributed by atoms with E-state index in [1.54, 1.807) is 35.2 Å². The minimum atomic E-state index is -0.489. The molecule has 1 atom stereocenters. The van der Waals surface area contributed by atoms with Crippen molar-refractivity contribution in [3.63, 3.8) is 0 Å². The Morgan fingerprint density at radius 1 is 1.15 bits per heavy atom. The van der Waals surface area contributed by atoms with E-state index in [0.29, 0.717) is 42.6 Å². The quantitative estimate of drug-likeness (QED) is 0.670. The van der Waals surface area contributed by atoms with Crippen LogP contribution in [0.25, 0.3) is 0 Å². The van der Waals surface area contributed by atoms with Crippen molar-refractivity contribution in [2.45, 2.75) is 38.5 Å². The number of hydrogen-bond acceptors (Lipinski definition) is 4. The highest BCUT2D eigenvalue weighted by Crippen LogP contribution is 2.36. The normalized spacial score (nSPS) is 21.5. The summed E-state index contributed by atoms with van der Waals surface area (Å²) < 4.78 is 25.1. The Hall–Kier alpha value is -2.80. The molecule has 4 rings (SSSR count). The zero-order chi connectivity index (χ0) is 24.0. The van der Waals surface area contributed by atoms with Crippen molar-refractivity contribution in [1.29, 1.82) is 0 Å². The maximum Gasteiger partial charge on any atom is 0.260 e. The summed E-state index contributed by atoms with van der Waals surface area (Å²) >= 11 is 6.13. The third kappa shape index (κ3) is 6.00. The number of rotatable bonds is 3. The Morgan fingerprint density at radius 3 is 2.82 bits per heavy atom. The van der Waals surface area contributed by atoms with Gasteiger partial charge >= 0.3 is 0 Å². The van der Waals surface area contributed by atoms with Crippen LogP contribution in [0.2, 0.25) is 5.02 Å². The van der Waals surface area contributed by atoms with Crippen LogP contribution in [-0.4, -0.2) is 49.6 Å². The minimum Gasteiger partial charge on any atom is -0.493 e. The molecule has 0 bridgehead atoms. The highest BCUT2D eigenvalue weighted by molar-refractivity contribution is 6.31. The van der Waals surface area contributed by atoms with Crippen molar-refractivity contribution in [2.75, 3.05) is 32.8 Å². The molecule has 8 heteroatoms. The Balaban J connectivity index is 1.45. The van der Waals surface area contributed by atoms with Crippen molar-refractivity contribution in [3.05, 3.63) is 58.9 Å². The predicted octanol–water partition coefficient (Wildman–Crippen LogP) is 4.85. The number of piperidine rings is 1. The first kappa shape index (κ1) is 24.3. The number of nitrogens with one attached hydrogen (secondary N) is 1. The van der Waals surface area contributed by atoms with Crippen LogP contribution in [0.3, 0.4) is 0 Å². The van der Waals surface area contributed by atoms with E-state index in [0.717, 1.165) is 38.5 Å². The van der Waals surface area contributed by atoms with Crippen molar-refractivity contribution < 1.29 is 23.5 Å². The average molecular weight is 489 g/mol. The predicted molar refractivity (Wildman–Crippen MR) is 128 cm³/mol. The molecule has 6 nitrogen and oxygen atoms in total. The molecule has 2 amide bonds. The third-order valence-electron chi connectivity index (χ3n) is 6.62. The molecule has 2 aromatic rings. The van der Waals surface area contributed by atoms with Crippen LogP contribution in [0.1, 0.15) is 48.9 Å². The van der Waals surface area contributed by atoms with Gasteiger partial charge in [-0.1, -0.05) is 36.6 Å². The van der Waals surface area contributed by atoms with Gasteiger partial charge in [-0.2, -0.15) is 0 Å². The summed E-state index contributed by atoms with van der Waals surface area (Å²) in [6.07, 6.45) is 5.53. The molecule has 0 aromatic heterocycles. The highest BCUT2D eigenvalue weighted by atomic mass is 35.5. The Bertz CT molecular complexity index is 1030. The van der Waals surface area contributed by atoms with Crippen LogP contribution in [-0.2, 0) is 4.79 Å². The molecule has 0 saturated carbocycles. The summed E-state index contributed by atoms with van der Waals surface area (Å²) in [5, 5.41) is 3.55. The van der Waals surface area contributed by atoms with E-state index in [9.17, 15) is 14.0 Å². The number of nitrogens with zero attached hydrogens (tertiary/aromatic N) is 1. The van der Waals surface area contributed by atoms with Gasteiger partial charge in [0, 0.05) is 30.1 Å². The van der Waals surface area contributed by atoms with Gasteiger partial charge in [0.15, 0.2) is 18.2 Å². The fourth-order valence-corrected chi connectivity index (χ4v) is 4.95. The van der Waals surface area contributed by atoms with E-state index >= 15 is 0 Å². The second-order valence-corrected chi connectivity index (χ2v) is 9.56. The van der Waals surface area contributed by atoms with Crippen LogP contribution in [0.5, 0.6) is 11.5 Å². The molecule has 2 aliphatic heterocycles. The van der Waals surface area contributed by atoms with Gasteiger partial charge in [0.05, 0.1) is 12.2 Å². The summed E-state index contributed by atoms with van der Waals surface area (Å²) in [5.74, 6) is -0.298. The number of halogens is 2. The largest absolute Gasteiger partial charge is 0.493 e. The molecule has 1 spiro atoms. The first-order chi connectivity index (χ1) is 16.5. The monoisotopic (exact) mass is 488 g/mol. The van der Waals surface area contributed by atoms with E-state index in [1.165, 1.54) is 12.1 Å². The zero-order valence-electron chi connectivity index (χ0n) is 19.2. The van der Waals surface area contributed by atoms with Crippen molar-refractivity contribution in [3.8, 4) is 11.5 Å². The molecule has 1 unspecified atom stereocenters. The van der Waals surface area contributed by atoms with Gasteiger partial charge in [-0.15, -0.1) is 0 Å². The van der Waals surface area contributed by atoms with Gasteiger partial charge in [-0.3, -0.25) is 9.59 Å². The molecular weight excluding hydrogens is 459 g/mol. The third-order valence-corrected chi connectivity index (χ3v) is 6.86. The maximum atomic E-state index is 13.8. The number of ether oxygens (including phenoxy) is 2. The van der Waals surface area contributed by atoms with E-state index in [4.69, 9.17) is 21.1 Å². The van der Waals surface area contributed by atoms with E-state index in [1.807, 2.05) is 0 Å². The SMILES string of the molecule is O=C1NCC2(CCCCCOc3ccc(Cl)cc31)CCCN(C(=O)COc1ccccc1F)C2. The van der Waals surface area contributed by atoms with Gasteiger partial charge in [0.1, 0.15) is 5.75 Å². The van der Waals surface area contributed by atoms with Crippen molar-refractivity contribution in [2.24, 2.45) is 5.41 Å². The number of likely N-dealkylation sites (tertiary alicyclic amines) is 1. The molecule has 2 aromatic carbocycles. The second kappa shape index (κ2) is 11.1. The number of para-hydroxylation sites is 1. The van der Waals surface area contributed by atoms with Crippen molar-refractivity contribution in [1.82, 2.24) is 10.2 Å². The Labute approximate surface area is 204 Å². The fourth-order valence-electron chi connectivity index (χ4n) is 4.78. The van der Waals surface area contributed by atoms with Gasteiger partial charge < -0.3 is 19.7 Å². The minimum absolute atomic E-state index is 0.0698. The lowest BCUT2D eigenvalue weighted by Crippen LogP contribution is -2.52. The first-order valence-electron chi connectivity index (χ1n) is 11.8. The van der Waals surface area contributed by atoms with Gasteiger partial charge in [-0.05, 0) is 56.0 Å². The van der Waals surface area contributed by atoms with Gasteiger partial charge in [-0.25, -0.2) is 4.39 Å². The Kier molecular flexibility index (Phi) is 7.93. The fraction of sp³-hybridized carbons (Fsp3) is 0.462. The first-order valence-corrected chi connectivity index (χ1v) is 12.2. The zero-order valence-corrected chi connectivity index (χ0v) is 19.9. The summed E-state index contributed by atoms with van der Waals surface area (Å²) in [5.41, 5.74) is 0.200. The molecular formula is C26H30ClFN2O4. The van der Waals surface area contributed by atoms with Crippen molar-refractivity contribution >= 4 is 23.4 Å². The summed E-state index contributed by atoms with van der Waals surface area (Å²) in [6.45, 7) is 1.93. The molecule has 1 fully saturated rings. The van der Waals surface area contributed by atoms with E-state index < -0.39 is 5.82 Å².